The number of carbonyl (C=O) groups excluding carboxylic acids is 1. The lowest BCUT2D eigenvalue weighted by Gasteiger charge is -2.40. The Bertz CT molecular complexity index is 261. The molecule has 1 amide bonds. The van der Waals surface area contributed by atoms with Gasteiger partial charge >= 0.3 is 6.09 Å². The molecule has 0 radical (unpaired) electrons. The summed E-state index contributed by atoms with van der Waals surface area (Å²) in [5.41, 5.74) is 0. The Morgan fingerprint density at radius 3 is 2.67 bits per heavy atom. The zero-order valence-electron chi connectivity index (χ0n) is 11.2. The molecule has 0 unspecified atom stereocenters. The quantitative estimate of drug-likeness (QED) is 0.755. The van der Waals surface area contributed by atoms with E-state index in [-0.39, 0.29) is 12.2 Å². The van der Waals surface area contributed by atoms with Crippen LogP contribution in [0.5, 0.6) is 0 Å². The van der Waals surface area contributed by atoms with Crippen LogP contribution in [0.4, 0.5) is 4.79 Å². The molecule has 18 heavy (non-hydrogen) atoms. The van der Waals surface area contributed by atoms with Crippen molar-refractivity contribution in [3.05, 3.63) is 0 Å². The zero-order chi connectivity index (χ0) is 12.8. The summed E-state index contributed by atoms with van der Waals surface area (Å²) in [5, 5.41) is 3.32. The Morgan fingerprint density at radius 1 is 1.28 bits per heavy atom. The van der Waals surface area contributed by atoms with Gasteiger partial charge in [0.25, 0.3) is 0 Å². The van der Waals surface area contributed by atoms with Crippen molar-refractivity contribution < 1.29 is 14.3 Å². The van der Waals surface area contributed by atoms with Gasteiger partial charge in [0.2, 0.25) is 0 Å². The fourth-order valence-electron chi connectivity index (χ4n) is 2.27. The Balaban J connectivity index is 1.56. The molecule has 2 saturated heterocycles. The Kier molecular flexibility index (Phi) is 5.26. The van der Waals surface area contributed by atoms with Crippen LogP contribution in [-0.2, 0) is 9.47 Å². The summed E-state index contributed by atoms with van der Waals surface area (Å²) in [6.45, 7) is 6.08. The van der Waals surface area contributed by atoms with E-state index in [0.717, 1.165) is 38.8 Å². The summed E-state index contributed by atoms with van der Waals surface area (Å²) in [6, 6.07) is 0. The molecular weight excluding hydrogens is 232 g/mol. The first-order chi connectivity index (χ1) is 8.79. The van der Waals surface area contributed by atoms with E-state index in [2.05, 4.69) is 12.2 Å². The van der Waals surface area contributed by atoms with Crippen molar-refractivity contribution >= 4 is 6.09 Å². The van der Waals surface area contributed by atoms with Gasteiger partial charge in [0.05, 0.1) is 31.9 Å². The minimum atomic E-state index is -0.186. The van der Waals surface area contributed by atoms with Crippen molar-refractivity contribution in [3.63, 3.8) is 0 Å². The number of likely N-dealkylation sites (tertiary alicyclic amines) is 1. The highest BCUT2D eigenvalue weighted by Gasteiger charge is 2.34. The van der Waals surface area contributed by atoms with Crippen LogP contribution in [0.2, 0.25) is 0 Å². The van der Waals surface area contributed by atoms with E-state index in [0.29, 0.717) is 25.8 Å². The van der Waals surface area contributed by atoms with Crippen molar-refractivity contribution in [3.8, 4) is 0 Å². The molecule has 5 heteroatoms. The number of nitrogens with one attached hydrogen (secondary N) is 1. The number of ether oxygens (including phenoxy) is 2. The maximum atomic E-state index is 11.6. The second kappa shape index (κ2) is 6.95. The van der Waals surface area contributed by atoms with Crippen molar-refractivity contribution in [2.24, 2.45) is 0 Å². The Labute approximate surface area is 109 Å². The second-order valence-electron chi connectivity index (χ2n) is 5.08. The third-order valence-corrected chi connectivity index (χ3v) is 3.50. The molecule has 2 heterocycles. The first kappa shape index (κ1) is 13.6. The van der Waals surface area contributed by atoms with Crippen LogP contribution in [0.25, 0.3) is 0 Å². The third kappa shape index (κ3) is 3.85. The van der Waals surface area contributed by atoms with E-state index in [1.807, 2.05) is 0 Å². The molecule has 5 nitrogen and oxygen atoms in total. The van der Waals surface area contributed by atoms with Gasteiger partial charge in [-0.15, -0.1) is 0 Å². The fourth-order valence-corrected chi connectivity index (χ4v) is 2.27. The minimum Gasteiger partial charge on any atom is -0.449 e. The average molecular weight is 256 g/mol. The first-order valence-electron chi connectivity index (χ1n) is 7.07. The first-order valence-corrected chi connectivity index (χ1v) is 7.07. The van der Waals surface area contributed by atoms with E-state index in [1.165, 1.54) is 0 Å². The molecule has 0 aromatic rings. The average Bonchev–Trinajstić information content (AvgIpc) is 2.34. The standard InChI is InChI=1S/C13H24N2O3/c1-2-3-8-17-13(16)15-9-12(10-15)18-11-4-6-14-7-5-11/h11-12,14H,2-10H2,1H3. The van der Waals surface area contributed by atoms with Crippen molar-refractivity contribution in [1.29, 1.82) is 0 Å². The number of rotatable bonds is 5. The van der Waals surface area contributed by atoms with E-state index >= 15 is 0 Å². The van der Waals surface area contributed by atoms with Gasteiger partial charge in [-0.2, -0.15) is 0 Å². The highest BCUT2D eigenvalue weighted by Crippen LogP contribution is 2.18. The van der Waals surface area contributed by atoms with Crippen molar-refractivity contribution in [2.45, 2.75) is 44.8 Å². The van der Waals surface area contributed by atoms with Crippen LogP contribution < -0.4 is 5.32 Å². The summed E-state index contributed by atoms with van der Waals surface area (Å²) in [5.74, 6) is 0. The van der Waals surface area contributed by atoms with Crippen molar-refractivity contribution in [1.82, 2.24) is 10.2 Å². The van der Waals surface area contributed by atoms with Gasteiger partial charge in [-0.1, -0.05) is 13.3 Å². The van der Waals surface area contributed by atoms with Crippen LogP contribution in [0.15, 0.2) is 0 Å². The molecule has 2 rings (SSSR count). The molecule has 0 aromatic heterocycles. The highest BCUT2D eigenvalue weighted by atomic mass is 16.6. The summed E-state index contributed by atoms with van der Waals surface area (Å²) in [4.78, 5) is 13.3. The summed E-state index contributed by atoms with van der Waals surface area (Å²) in [6.07, 6.45) is 4.55. The summed E-state index contributed by atoms with van der Waals surface area (Å²) >= 11 is 0. The maximum absolute atomic E-state index is 11.6. The smallest absolute Gasteiger partial charge is 0.409 e. The molecule has 2 aliphatic rings. The molecule has 104 valence electrons. The van der Waals surface area contributed by atoms with Gasteiger partial charge in [-0.05, 0) is 32.4 Å². The highest BCUT2D eigenvalue weighted by molar-refractivity contribution is 5.68. The monoisotopic (exact) mass is 256 g/mol. The van der Waals surface area contributed by atoms with Gasteiger partial charge in [0.1, 0.15) is 0 Å². The largest absolute Gasteiger partial charge is 0.449 e. The third-order valence-electron chi connectivity index (χ3n) is 3.50. The Hall–Kier alpha value is -0.810. The van der Waals surface area contributed by atoms with Gasteiger partial charge in [0, 0.05) is 0 Å². The number of amides is 1. The van der Waals surface area contributed by atoms with Gasteiger partial charge < -0.3 is 19.7 Å². The molecular formula is C13H24N2O3. The number of piperidine rings is 1. The fraction of sp³-hybridized carbons (Fsp3) is 0.923. The van der Waals surface area contributed by atoms with Gasteiger partial charge in [-0.25, -0.2) is 4.79 Å². The van der Waals surface area contributed by atoms with Crippen LogP contribution in [0, 0.1) is 0 Å². The molecule has 1 N–H and O–H groups in total. The number of nitrogens with zero attached hydrogens (tertiary/aromatic N) is 1. The van der Waals surface area contributed by atoms with Crippen LogP contribution >= 0.6 is 0 Å². The molecule has 2 fully saturated rings. The van der Waals surface area contributed by atoms with Crippen LogP contribution in [-0.4, -0.2) is 56.0 Å². The number of unbranched alkanes of at least 4 members (excludes halogenated alkanes) is 1. The topological polar surface area (TPSA) is 50.8 Å². The van der Waals surface area contributed by atoms with Gasteiger partial charge in [-0.3, -0.25) is 0 Å². The number of hydrogen-bond donors (Lipinski definition) is 1. The lowest BCUT2D eigenvalue weighted by atomic mass is 10.1. The summed E-state index contributed by atoms with van der Waals surface area (Å²) in [7, 11) is 0. The van der Waals surface area contributed by atoms with E-state index in [9.17, 15) is 4.79 Å². The van der Waals surface area contributed by atoms with Crippen LogP contribution in [0.3, 0.4) is 0 Å². The Morgan fingerprint density at radius 2 is 2.00 bits per heavy atom. The normalized spacial score (nSPS) is 21.7. The summed E-state index contributed by atoms with van der Waals surface area (Å²) < 4.78 is 11.1. The SMILES string of the molecule is CCCCOC(=O)N1CC(OC2CCNCC2)C1. The molecule has 0 bridgehead atoms. The minimum absolute atomic E-state index is 0.186. The lowest BCUT2D eigenvalue weighted by Crippen LogP contribution is -2.56. The van der Waals surface area contributed by atoms with E-state index in [1.54, 1.807) is 4.90 Å². The molecule has 0 aliphatic carbocycles. The molecule has 0 saturated carbocycles. The molecule has 0 atom stereocenters. The van der Waals surface area contributed by atoms with E-state index in [4.69, 9.17) is 9.47 Å². The predicted molar refractivity (Wildman–Crippen MR) is 68.6 cm³/mol. The zero-order valence-corrected chi connectivity index (χ0v) is 11.2. The number of carbonyl (C=O) groups is 1. The van der Waals surface area contributed by atoms with E-state index < -0.39 is 0 Å². The molecule has 0 spiro atoms. The number of hydrogen-bond acceptors (Lipinski definition) is 4. The lowest BCUT2D eigenvalue weighted by molar-refractivity contribution is -0.0931. The van der Waals surface area contributed by atoms with Crippen molar-refractivity contribution in [2.75, 3.05) is 32.8 Å². The molecule has 2 aliphatic heterocycles. The molecule has 0 aromatic carbocycles. The van der Waals surface area contributed by atoms with Gasteiger partial charge in [0.15, 0.2) is 0 Å². The van der Waals surface area contributed by atoms with Crippen LogP contribution in [0.1, 0.15) is 32.6 Å². The second-order valence-corrected chi connectivity index (χ2v) is 5.08. The predicted octanol–water partition coefficient (Wildman–Crippen LogP) is 1.38. The maximum Gasteiger partial charge on any atom is 0.409 e.